The summed E-state index contributed by atoms with van der Waals surface area (Å²) in [6.07, 6.45) is 3.52. The van der Waals surface area contributed by atoms with Crippen LogP contribution in [0, 0.1) is 20.8 Å². The first kappa shape index (κ1) is 11.2. The minimum atomic E-state index is 1.11. The van der Waals surface area contributed by atoms with Crippen LogP contribution in [-0.4, -0.2) is 4.98 Å². The fourth-order valence-corrected chi connectivity index (χ4v) is 2.12. The van der Waals surface area contributed by atoms with Crippen molar-refractivity contribution in [2.75, 3.05) is 0 Å². The Balaban J connectivity index is 3.32. The Kier molecular flexibility index (Phi) is 3.68. The lowest BCUT2D eigenvalue weighted by molar-refractivity contribution is 0.862. The lowest BCUT2D eigenvalue weighted by Crippen LogP contribution is -2.04. The standard InChI is InChI=1S/C13H21N/c1-6-8-13-9(3)10(4)14-11(5)12(13)7-2/h6-8H2,1-5H3. The molecule has 0 saturated carbocycles. The number of nitrogens with zero attached hydrogens (tertiary/aromatic N) is 1. The molecule has 14 heavy (non-hydrogen) atoms. The summed E-state index contributed by atoms with van der Waals surface area (Å²) < 4.78 is 0. The summed E-state index contributed by atoms with van der Waals surface area (Å²) in [6.45, 7) is 10.9. The molecule has 1 aromatic heterocycles. The smallest absolute Gasteiger partial charge is 0.0410 e. The van der Waals surface area contributed by atoms with Crippen LogP contribution in [0.4, 0.5) is 0 Å². The summed E-state index contributed by atoms with van der Waals surface area (Å²) in [6, 6.07) is 0. The fourth-order valence-electron chi connectivity index (χ4n) is 2.12. The van der Waals surface area contributed by atoms with E-state index in [2.05, 4.69) is 39.6 Å². The first-order valence-corrected chi connectivity index (χ1v) is 5.57. The zero-order chi connectivity index (χ0) is 10.7. The van der Waals surface area contributed by atoms with Crippen LogP contribution < -0.4 is 0 Å². The number of hydrogen-bond donors (Lipinski definition) is 0. The van der Waals surface area contributed by atoms with Gasteiger partial charge in [0.1, 0.15) is 0 Å². The lowest BCUT2D eigenvalue weighted by Gasteiger charge is -2.15. The van der Waals surface area contributed by atoms with Crippen LogP contribution >= 0.6 is 0 Å². The Hall–Kier alpha value is -0.850. The van der Waals surface area contributed by atoms with Gasteiger partial charge in [0.25, 0.3) is 0 Å². The first-order valence-electron chi connectivity index (χ1n) is 5.57. The SMILES string of the molecule is CCCc1c(C)c(C)nc(C)c1CC. The van der Waals surface area contributed by atoms with Crippen molar-refractivity contribution in [1.82, 2.24) is 4.98 Å². The molecular weight excluding hydrogens is 170 g/mol. The molecule has 0 atom stereocenters. The largest absolute Gasteiger partial charge is 0.258 e. The van der Waals surface area contributed by atoms with Crippen LogP contribution in [0.1, 0.15) is 48.3 Å². The number of hydrogen-bond acceptors (Lipinski definition) is 1. The second kappa shape index (κ2) is 4.59. The topological polar surface area (TPSA) is 12.9 Å². The van der Waals surface area contributed by atoms with E-state index in [-0.39, 0.29) is 0 Å². The summed E-state index contributed by atoms with van der Waals surface area (Å²) in [4.78, 5) is 4.59. The molecule has 0 bridgehead atoms. The molecule has 78 valence electrons. The molecule has 0 aromatic carbocycles. The maximum Gasteiger partial charge on any atom is 0.0410 e. The van der Waals surface area contributed by atoms with Gasteiger partial charge >= 0.3 is 0 Å². The Morgan fingerprint density at radius 1 is 0.929 bits per heavy atom. The van der Waals surface area contributed by atoms with E-state index in [1.165, 1.54) is 35.4 Å². The predicted molar refractivity (Wildman–Crippen MR) is 61.8 cm³/mol. The highest BCUT2D eigenvalue weighted by Crippen LogP contribution is 2.21. The third-order valence-corrected chi connectivity index (χ3v) is 2.99. The van der Waals surface area contributed by atoms with Crippen LogP contribution in [0.2, 0.25) is 0 Å². The van der Waals surface area contributed by atoms with Crippen LogP contribution in [-0.2, 0) is 12.8 Å². The molecule has 0 aliphatic rings. The van der Waals surface area contributed by atoms with E-state index in [1.54, 1.807) is 5.56 Å². The quantitative estimate of drug-likeness (QED) is 0.712. The normalized spacial score (nSPS) is 10.6. The van der Waals surface area contributed by atoms with Gasteiger partial charge in [-0.05, 0) is 50.3 Å². The first-order chi connectivity index (χ1) is 6.61. The van der Waals surface area contributed by atoms with E-state index >= 15 is 0 Å². The lowest BCUT2D eigenvalue weighted by atomic mass is 9.95. The van der Waals surface area contributed by atoms with Gasteiger partial charge in [-0.1, -0.05) is 20.3 Å². The van der Waals surface area contributed by atoms with Gasteiger partial charge in [-0.2, -0.15) is 0 Å². The van der Waals surface area contributed by atoms with E-state index in [0.29, 0.717) is 0 Å². The van der Waals surface area contributed by atoms with Gasteiger partial charge in [0, 0.05) is 11.4 Å². The molecule has 0 amide bonds. The minimum Gasteiger partial charge on any atom is -0.258 e. The van der Waals surface area contributed by atoms with Crippen molar-refractivity contribution >= 4 is 0 Å². The number of aryl methyl sites for hydroxylation is 2. The van der Waals surface area contributed by atoms with Crippen molar-refractivity contribution in [1.29, 1.82) is 0 Å². The molecule has 0 unspecified atom stereocenters. The number of pyridine rings is 1. The highest BCUT2D eigenvalue weighted by atomic mass is 14.7. The summed E-state index contributed by atoms with van der Waals surface area (Å²) >= 11 is 0. The minimum absolute atomic E-state index is 1.11. The van der Waals surface area contributed by atoms with E-state index in [1.807, 2.05) is 0 Å². The Bertz CT molecular complexity index is 326. The molecule has 1 rings (SSSR count). The zero-order valence-electron chi connectivity index (χ0n) is 10.1. The number of rotatable bonds is 3. The Labute approximate surface area is 87.6 Å². The van der Waals surface area contributed by atoms with Crippen molar-refractivity contribution in [2.45, 2.75) is 53.9 Å². The molecule has 0 aliphatic carbocycles. The Morgan fingerprint density at radius 3 is 2.07 bits per heavy atom. The van der Waals surface area contributed by atoms with Crippen molar-refractivity contribution in [2.24, 2.45) is 0 Å². The predicted octanol–water partition coefficient (Wildman–Crippen LogP) is 3.52. The van der Waals surface area contributed by atoms with Crippen molar-refractivity contribution in [3.63, 3.8) is 0 Å². The highest BCUT2D eigenvalue weighted by molar-refractivity contribution is 5.39. The van der Waals surface area contributed by atoms with Crippen molar-refractivity contribution in [3.8, 4) is 0 Å². The van der Waals surface area contributed by atoms with Crippen LogP contribution in [0.3, 0.4) is 0 Å². The average Bonchev–Trinajstić information content (AvgIpc) is 2.14. The number of aromatic nitrogens is 1. The summed E-state index contributed by atoms with van der Waals surface area (Å²) in [5.74, 6) is 0. The van der Waals surface area contributed by atoms with E-state index < -0.39 is 0 Å². The van der Waals surface area contributed by atoms with Gasteiger partial charge in [-0.25, -0.2) is 0 Å². The van der Waals surface area contributed by atoms with E-state index in [4.69, 9.17) is 0 Å². The van der Waals surface area contributed by atoms with Crippen LogP contribution in [0.15, 0.2) is 0 Å². The Morgan fingerprint density at radius 2 is 1.57 bits per heavy atom. The molecule has 0 spiro atoms. The maximum atomic E-state index is 4.59. The second-order valence-corrected chi connectivity index (χ2v) is 3.97. The summed E-state index contributed by atoms with van der Waals surface area (Å²) in [5.41, 5.74) is 6.83. The molecule has 1 heteroatoms. The van der Waals surface area contributed by atoms with Crippen LogP contribution in [0.5, 0.6) is 0 Å². The van der Waals surface area contributed by atoms with Crippen molar-refractivity contribution < 1.29 is 0 Å². The van der Waals surface area contributed by atoms with Crippen molar-refractivity contribution in [3.05, 3.63) is 28.1 Å². The van der Waals surface area contributed by atoms with Gasteiger partial charge in [0.05, 0.1) is 0 Å². The maximum absolute atomic E-state index is 4.59. The molecule has 0 radical (unpaired) electrons. The second-order valence-electron chi connectivity index (χ2n) is 3.97. The molecule has 0 saturated heterocycles. The highest BCUT2D eigenvalue weighted by Gasteiger charge is 2.10. The monoisotopic (exact) mass is 191 g/mol. The molecule has 0 aliphatic heterocycles. The molecule has 1 aromatic rings. The van der Waals surface area contributed by atoms with Gasteiger partial charge in [-0.15, -0.1) is 0 Å². The van der Waals surface area contributed by atoms with Crippen LogP contribution in [0.25, 0.3) is 0 Å². The molecule has 1 heterocycles. The molecule has 0 N–H and O–H groups in total. The third kappa shape index (κ3) is 1.97. The third-order valence-electron chi connectivity index (χ3n) is 2.99. The molecular formula is C13H21N. The van der Waals surface area contributed by atoms with Gasteiger partial charge in [0.2, 0.25) is 0 Å². The molecule has 0 fully saturated rings. The summed E-state index contributed by atoms with van der Waals surface area (Å²) in [5, 5.41) is 0. The fraction of sp³-hybridized carbons (Fsp3) is 0.615. The average molecular weight is 191 g/mol. The van der Waals surface area contributed by atoms with E-state index in [9.17, 15) is 0 Å². The summed E-state index contributed by atoms with van der Waals surface area (Å²) in [7, 11) is 0. The zero-order valence-corrected chi connectivity index (χ0v) is 10.1. The van der Waals surface area contributed by atoms with Gasteiger partial charge in [0.15, 0.2) is 0 Å². The molecule has 1 nitrogen and oxygen atoms in total. The van der Waals surface area contributed by atoms with E-state index in [0.717, 1.165) is 6.42 Å². The van der Waals surface area contributed by atoms with Gasteiger partial charge < -0.3 is 0 Å². The van der Waals surface area contributed by atoms with Gasteiger partial charge in [-0.3, -0.25) is 4.98 Å².